The lowest BCUT2D eigenvalue weighted by molar-refractivity contribution is 0.0691. The summed E-state index contributed by atoms with van der Waals surface area (Å²) in [6, 6.07) is 1.18. The van der Waals surface area contributed by atoms with E-state index in [0.717, 1.165) is 19.5 Å². The lowest BCUT2D eigenvalue weighted by Crippen LogP contribution is -2.29. The highest BCUT2D eigenvalue weighted by atomic mass is 19.1. The largest absolute Gasteiger partial charge is 0.478 e. The Bertz CT molecular complexity index is 417. The van der Waals surface area contributed by atoms with E-state index < -0.39 is 11.8 Å². The fourth-order valence-electron chi connectivity index (χ4n) is 1.88. The normalized spacial score (nSPS) is 16.6. The number of anilines is 1. The summed E-state index contributed by atoms with van der Waals surface area (Å²) < 4.78 is 13.9. The zero-order valence-electron chi connectivity index (χ0n) is 9.32. The molecule has 0 spiro atoms. The number of carbonyl (C=O) groups is 1. The van der Waals surface area contributed by atoms with Gasteiger partial charge in [-0.1, -0.05) is 0 Å². The van der Waals surface area contributed by atoms with Gasteiger partial charge in [-0.05, 0) is 19.0 Å². The molecule has 1 saturated heterocycles. The maximum absolute atomic E-state index is 13.9. The summed E-state index contributed by atoms with van der Waals surface area (Å²) in [5.41, 5.74) is -0.327. The predicted octanol–water partition coefficient (Wildman–Crippen LogP) is 0.719. The standard InChI is InChI=1S/C11H14FN3O2/c12-9-8(11(16)17)2-4-14-10(9)15-6-1-3-13-5-7-15/h2,4,13H,1,3,5-7H2,(H,16,17). The molecular weight excluding hydrogens is 225 g/mol. The van der Waals surface area contributed by atoms with Crippen molar-refractivity contribution in [3.05, 3.63) is 23.6 Å². The molecular formula is C11H14FN3O2. The van der Waals surface area contributed by atoms with Gasteiger partial charge in [0.2, 0.25) is 0 Å². The first-order valence-electron chi connectivity index (χ1n) is 5.53. The Morgan fingerprint density at radius 2 is 2.29 bits per heavy atom. The van der Waals surface area contributed by atoms with Crippen molar-refractivity contribution >= 4 is 11.8 Å². The lowest BCUT2D eigenvalue weighted by Gasteiger charge is -2.21. The first-order chi connectivity index (χ1) is 8.20. The fraction of sp³-hybridized carbons (Fsp3) is 0.455. The topological polar surface area (TPSA) is 65.5 Å². The van der Waals surface area contributed by atoms with Gasteiger partial charge >= 0.3 is 5.97 Å². The van der Waals surface area contributed by atoms with Crippen LogP contribution < -0.4 is 10.2 Å². The van der Waals surface area contributed by atoms with Crippen LogP contribution in [0.1, 0.15) is 16.8 Å². The predicted molar refractivity (Wildman–Crippen MR) is 60.9 cm³/mol. The van der Waals surface area contributed by atoms with Crippen LogP contribution in [0, 0.1) is 5.82 Å². The molecule has 92 valence electrons. The Morgan fingerprint density at radius 1 is 1.47 bits per heavy atom. The van der Waals surface area contributed by atoms with Crippen LogP contribution in [0.5, 0.6) is 0 Å². The van der Waals surface area contributed by atoms with Crippen LogP contribution in [0.3, 0.4) is 0 Å². The van der Waals surface area contributed by atoms with E-state index in [0.29, 0.717) is 13.1 Å². The summed E-state index contributed by atoms with van der Waals surface area (Å²) >= 11 is 0. The highest BCUT2D eigenvalue weighted by molar-refractivity contribution is 5.88. The molecule has 1 aromatic rings. The van der Waals surface area contributed by atoms with Crippen molar-refractivity contribution in [2.75, 3.05) is 31.1 Å². The second-order valence-electron chi connectivity index (χ2n) is 3.89. The maximum Gasteiger partial charge on any atom is 0.338 e. The summed E-state index contributed by atoms with van der Waals surface area (Å²) in [5, 5.41) is 12.0. The SMILES string of the molecule is O=C(O)c1ccnc(N2CCCNCC2)c1F. The van der Waals surface area contributed by atoms with Gasteiger partial charge in [-0.2, -0.15) is 0 Å². The van der Waals surface area contributed by atoms with Gasteiger partial charge in [-0.3, -0.25) is 0 Å². The summed E-state index contributed by atoms with van der Waals surface area (Å²) in [4.78, 5) is 16.6. The Kier molecular flexibility index (Phi) is 3.53. The molecule has 0 unspecified atom stereocenters. The monoisotopic (exact) mass is 239 g/mol. The Hall–Kier alpha value is -1.69. The molecule has 0 amide bonds. The molecule has 6 heteroatoms. The van der Waals surface area contributed by atoms with E-state index in [2.05, 4.69) is 10.3 Å². The highest BCUT2D eigenvalue weighted by Crippen LogP contribution is 2.20. The van der Waals surface area contributed by atoms with Crippen LogP contribution in [0.2, 0.25) is 0 Å². The third-order valence-corrected chi connectivity index (χ3v) is 2.74. The van der Waals surface area contributed by atoms with Gasteiger partial charge < -0.3 is 15.3 Å². The number of aromatic carboxylic acids is 1. The van der Waals surface area contributed by atoms with Crippen molar-refractivity contribution in [1.82, 2.24) is 10.3 Å². The van der Waals surface area contributed by atoms with E-state index in [-0.39, 0.29) is 11.4 Å². The molecule has 0 radical (unpaired) electrons. The van der Waals surface area contributed by atoms with Crippen molar-refractivity contribution in [3.8, 4) is 0 Å². The minimum absolute atomic E-state index is 0.133. The van der Waals surface area contributed by atoms with Crippen molar-refractivity contribution in [3.63, 3.8) is 0 Å². The summed E-state index contributed by atoms with van der Waals surface area (Å²) in [7, 11) is 0. The van der Waals surface area contributed by atoms with Crippen molar-refractivity contribution in [2.45, 2.75) is 6.42 Å². The summed E-state index contributed by atoms with van der Waals surface area (Å²) in [5.74, 6) is -1.88. The number of nitrogens with one attached hydrogen (secondary N) is 1. The average Bonchev–Trinajstić information content (AvgIpc) is 2.57. The van der Waals surface area contributed by atoms with E-state index in [1.807, 2.05) is 0 Å². The minimum Gasteiger partial charge on any atom is -0.478 e. The van der Waals surface area contributed by atoms with Crippen LogP contribution in [0.4, 0.5) is 10.2 Å². The minimum atomic E-state index is -1.26. The van der Waals surface area contributed by atoms with E-state index in [9.17, 15) is 9.18 Å². The average molecular weight is 239 g/mol. The molecule has 1 aliphatic heterocycles. The molecule has 1 fully saturated rings. The zero-order valence-corrected chi connectivity index (χ0v) is 9.32. The summed E-state index contributed by atoms with van der Waals surface area (Å²) in [6.45, 7) is 2.95. The maximum atomic E-state index is 13.9. The van der Waals surface area contributed by atoms with Crippen LogP contribution in [-0.4, -0.2) is 42.2 Å². The van der Waals surface area contributed by atoms with Crippen LogP contribution in [-0.2, 0) is 0 Å². The first kappa shape index (κ1) is 11.8. The van der Waals surface area contributed by atoms with Crippen molar-refractivity contribution in [2.24, 2.45) is 0 Å². The number of halogens is 1. The lowest BCUT2D eigenvalue weighted by atomic mass is 10.2. The number of hydrogen-bond acceptors (Lipinski definition) is 4. The van der Waals surface area contributed by atoms with Crippen molar-refractivity contribution < 1.29 is 14.3 Å². The van der Waals surface area contributed by atoms with Crippen molar-refractivity contribution in [1.29, 1.82) is 0 Å². The van der Waals surface area contributed by atoms with E-state index in [1.54, 1.807) is 4.90 Å². The van der Waals surface area contributed by atoms with E-state index >= 15 is 0 Å². The van der Waals surface area contributed by atoms with Gasteiger partial charge in [0.25, 0.3) is 0 Å². The second kappa shape index (κ2) is 5.09. The molecule has 1 aromatic heterocycles. The smallest absolute Gasteiger partial charge is 0.338 e. The van der Waals surface area contributed by atoms with Gasteiger partial charge in [0.15, 0.2) is 11.6 Å². The Balaban J connectivity index is 2.30. The van der Waals surface area contributed by atoms with Gasteiger partial charge in [0.1, 0.15) is 5.56 Å². The summed E-state index contributed by atoms with van der Waals surface area (Å²) in [6.07, 6.45) is 2.22. The van der Waals surface area contributed by atoms with Gasteiger partial charge in [0.05, 0.1) is 0 Å². The zero-order chi connectivity index (χ0) is 12.3. The molecule has 0 bridgehead atoms. The number of pyridine rings is 1. The number of carboxylic acid groups (broad SMARTS) is 1. The second-order valence-corrected chi connectivity index (χ2v) is 3.89. The molecule has 0 saturated carbocycles. The van der Waals surface area contributed by atoms with Crippen LogP contribution in [0.15, 0.2) is 12.3 Å². The molecule has 0 aromatic carbocycles. The number of nitrogens with zero attached hydrogens (tertiary/aromatic N) is 2. The van der Waals surface area contributed by atoms with Gasteiger partial charge in [-0.25, -0.2) is 14.2 Å². The molecule has 17 heavy (non-hydrogen) atoms. The first-order valence-corrected chi connectivity index (χ1v) is 5.53. The quantitative estimate of drug-likeness (QED) is 0.796. The van der Waals surface area contributed by atoms with E-state index in [1.165, 1.54) is 12.3 Å². The van der Waals surface area contributed by atoms with Crippen LogP contribution in [0.25, 0.3) is 0 Å². The Morgan fingerprint density at radius 3 is 3.06 bits per heavy atom. The van der Waals surface area contributed by atoms with Crippen LogP contribution >= 0.6 is 0 Å². The molecule has 5 nitrogen and oxygen atoms in total. The number of hydrogen-bond donors (Lipinski definition) is 2. The molecule has 2 N–H and O–H groups in total. The third kappa shape index (κ3) is 2.52. The fourth-order valence-corrected chi connectivity index (χ4v) is 1.88. The molecule has 0 atom stereocenters. The van der Waals surface area contributed by atoms with E-state index in [4.69, 9.17) is 5.11 Å². The number of aromatic nitrogens is 1. The number of carboxylic acids is 1. The third-order valence-electron chi connectivity index (χ3n) is 2.74. The molecule has 1 aliphatic rings. The van der Waals surface area contributed by atoms with Gasteiger partial charge in [0, 0.05) is 25.8 Å². The number of rotatable bonds is 2. The Labute approximate surface area is 98.3 Å². The molecule has 0 aliphatic carbocycles. The molecule has 2 rings (SSSR count). The highest BCUT2D eigenvalue weighted by Gasteiger charge is 2.20. The molecule has 2 heterocycles. The van der Waals surface area contributed by atoms with Gasteiger partial charge in [-0.15, -0.1) is 0 Å².